The monoisotopic (exact) mass is 300 g/mol. The maximum absolute atomic E-state index is 6.22. The molecule has 2 aliphatic heterocycles. The Kier molecular flexibility index (Phi) is 3.63. The van der Waals surface area contributed by atoms with E-state index in [0.717, 1.165) is 38.0 Å². The lowest BCUT2D eigenvalue weighted by Gasteiger charge is -2.34. The second-order valence-corrected chi connectivity index (χ2v) is 6.07. The van der Waals surface area contributed by atoms with Crippen molar-refractivity contribution in [1.82, 2.24) is 20.0 Å². The fourth-order valence-electron chi connectivity index (χ4n) is 3.54. The van der Waals surface area contributed by atoms with E-state index < -0.39 is 0 Å². The van der Waals surface area contributed by atoms with Crippen LogP contribution in [0.25, 0.3) is 0 Å². The highest BCUT2D eigenvalue weighted by Crippen LogP contribution is 2.37. The van der Waals surface area contributed by atoms with Crippen LogP contribution in [0.2, 0.25) is 0 Å². The van der Waals surface area contributed by atoms with E-state index in [0.29, 0.717) is 17.8 Å². The number of likely N-dealkylation sites (tertiary alicyclic amines) is 1. The summed E-state index contributed by atoms with van der Waals surface area (Å²) in [4.78, 5) is 11.2. The van der Waals surface area contributed by atoms with Crippen LogP contribution in [-0.2, 0) is 11.3 Å². The van der Waals surface area contributed by atoms with Gasteiger partial charge in [0.2, 0.25) is 0 Å². The standard InChI is InChI=1S/C16H20N4O2/c1-11-18-16(22-19-11)15-6-5-13-14(21-15)7-9-20(13)10-12-4-2-3-8-17-12/h2-4,8,13-15H,5-7,9-10H2,1H3/t13-,14-,15-/m0/s1. The molecule has 0 saturated carbocycles. The summed E-state index contributed by atoms with van der Waals surface area (Å²) in [6, 6.07) is 6.56. The second kappa shape index (κ2) is 5.78. The minimum absolute atomic E-state index is 0.0442. The van der Waals surface area contributed by atoms with Crippen molar-refractivity contribution in [3.63, 3.8) is 0 Å². The van der Waals surface area contributed by atoms with E-state index in [-0.39, 0.29) is 12.2 Å². The summed E-state index contributed by atoms with van der Waals surface area (Å²) in [5.74, 6) is 1.29. The maximum Gasteiger partial charge on any atom is 0.255 e. The third-order valence-electron chi connectivity index (χ3n) is 4.57. The highest BCUT2D eigenvalue weighted by atomic mass is 16.5. The summed E-state index contributed by atoms with van der Waals surface area (Å²) in [5, 5.41) is 3.86. The topological polar surface area (TPSA) is 64.3 Å². The van der Waals surface area contributed by atoms with Gasteiger partial charge in [-0.15, -0.1) is 0 Å². The third kappa shape index (κ3) is 2.64. The van der Waals surface area contributed by atoms with Crippen molar-refractivity contribution in [2.75, 3.05) is 6.54 Å². The highest BCUT2D eigenvalue weighted by molar-refractivity contribution is 5.05. The first-order valence-electron chi connectivity index (χ1n) is 7.89. The van der Waals surface area contributed by atoms with Crippen LogP contribution in [0.4, 0.5) is 0 Å². The average Bonchev–Trinajstić information content (AvgIpc) is 3.15. The summed E-state index contributed by atoms with van der Waals surface area (Å²) in [6.07, 6.45) is 5.16. The molecular formula is C16H20N4O2. The smallest absolute Gasteiger partial charge is 0.255 e. The van der Waals surface area contributed by atoms with Crippen molar-refractivity contribution < 1.29 is 9.26 Å². The van der Waals surface area contributed by atoms with Crippen molar-refractivity contribution >= 4 is 0 Å². The van der Waals surface area contributed by atoms with Gasteiger partial charge in [-0.3, -0.25) is 9.88 Å². The van der Waals surface area contributed by atoms with Crippen LogP contribution in [0.5, 0.6) is 0 Å². The Balaban J connectivity index is 1.42. The fourth-order valence-corrected chi connectivity index (χ4v) is 3.54. The van der Waals surface area contributed by atoms with Crippen LogP contribution in [0.15, 0.2) is 28.9 Å². The van der Waals surface area contributed by atoms with E-state index in [1.54, 1.807) is 0 Å². The van der Waals surface area contributed by atoms with Gasteiger partial charge in [0.15, 0.2) is 5.82 Å². The Hall–Kier alpha value is -1.79. The molecule has 2 aliphatic rings. The molecule has 2 aromatic rings. The predicted octanol–water partition coefficient (Wildman–Crippen LogP) is 2.27. The molecule has 2 fully saturated rings. The van der Waals surface area contributed by atoms with Gasteiger partial charge in [0.25, 0.3) is 5.89 Å². The third-order valence-corrected chi connectivity index (χ3v) is 4.57. The van der Waals surface area contributed by atoms with Crippen LogP contribution in [0, 0.1) is 6.92 Å². The average molecular weight is 300 g/mol. The number of hydrogen-bond donors (Lipinski definition) is 0. The van der Waals surface area contributed by atoms with E-state index in [1.165, 1.54) is 0 Å². The van der Waals surface area contributed by atoms with Crippen LogP contribution in [0.1, 0.15) is 42.8 Å². The van der Waals surface area contributed by atoms with Gasteiger partial charge in [0.1, 0.15) is 6.10 Å². The normalized spacial score (nSPS) is 28.7. The molecule has 0 aliphatic carbocycles. The molecule has 0 aromatic carbocycles. The number of rotatable bonds is 3. The van der Waals surface area contributed by atoms with Gasteiger partial charge < -0.3 is 9.26 Å². The van der Waals surface area contributed by atoms with Crippen molar-refractivity contribution in [2.45, 2.75) is 51.0 Å². The van der Waals surface area contributed by atoms with Gasteiger partial charge in [-0.1, -0.05) is 11.2 Å². The van der Waals surface area contributed by atoms with Crippen molar-refractivity contribution in [3.8, 4) is 0 Å². The molecule has 6 nitrogen and oxygen atoms in total. The maximum atomic E-state index is 6.22. The van der Waals surface area contributed by atoms with Gasteiger partial charge in [-0.25, -0.2) is 0 Å². The lowest BCUT2D eigenvalue weighted by atomic mass is 9.99. The van der Waals surface area contributed by atoms with E-state index in [1.807, 2.05) is 25.3 Å². The Morgan fingerprint density at radius 3 is 3.00 bits per heavy atom. The van der Waals surface area contributed by atoms with Crippen LogP contribution < -0.4 is 0 Å². The molecule has 0 amide bonds. The van der Waals surface area contributed by atoms with Gasteiger partial charge in [-0.05, 0) is 38.3 Å². The number of aromatic nitrogens is 3. The Labute approximate surface area is 129 Å². The van der Waals surface area contributed by atoms with Gasteiger partial charge in [0, 0.05) is 25.3 Å². The Bertz CT molecular complexity index is 630. The van der Waals surface area contributed by atoms with Crippen LogP contribution >= 0.6 is 0 Å². The molecule has 22 heavy (non-hydrogen) atoms. The van der Waals surface area contributed by atoms with E-state index in [2.05, 4.69) is 26.1 Å². The molecule has 116 valence electrons. The summed E-state index contributed by atoms with van der Waals surface area (Å²) in [5.41, 5.74) is 1.12. The molecule has 2 saturated heterocycles. The number of ether oxygens (including phenoxy) is 1. The van der Waals surface area contributed by atoms with E-state index in [9.17, 15) is 0 Å². The first-order valence-corrected chi connectivity index (χ1v) is 7.89. The Morgan fingerprint density at radius 1 is 1.27 bits per heavy atom. The highest BCUT2D eigenvalue weighted by Gasteiger charge is 2.41. The molecule has 0 N–H and O–H groups in total. The zero-order valence-corrected chi connectivity index (χ0v) is 12.7. The number of nitrogens with zero attached hydrogens (tertiary/aromatic N) is 4. The van der Waals surface area contributed by atoms with Crippen LogP contribution in [-0.4, -0.2) is 38.7 Å². The zero-order chi connectivity index (χ0) is 14.9. The molecule has 6 heteroatoms. The first-order chi connectivity index (χ1) is 10.8. The number of aryl methyl sites for hydroxylation is 1. The SMILES string of the molecule is Cc1noc([C@@H]2CC[C@H]3[C@H](CCN3Cc3ccccn3)O2)n1. The fraction of sp³-hybridized carbons (Fsp3) is 0.562. The molecule has 4 heterocycles. The van der Waals surface area contributed by atoms with Gasteiger partial charge >= 0.3 is 0 Å². The number of pyridine rings is 1. The molecule has 4 rings (SSSR count). The molecule has 0 spiro atoms. The molecule has 0 unspecified atom stereocenters. The predicted molar refractivity (Wildman–Crippen MR) is 78.9 cm³/mol. The quantitative estimate of drug-likeness (QED) is 0.866. The summed E-state index contributed by atoms with van der Waals surface area (Å²) < 4.78 is 11.5. The molecule has 2 aromatic heterocycles. The second-order valence-electron chi connectivity index (χ2n) is 6.07. The van der Waals surface area contributed by atoms with Gasteiger partial charge in [0.05, 0.1) is 11.8 Å². The lowest BCUT2D eigenvalue weighted by Crippen LogP contribution is -2.40. The minimum Gasteiger partial charge on any atom is -0.363 e. The number of fused-ring (bicyclic) bond motifs is 1. The first kappa shape index (κ1) is 13.8. The molecule has 0 bridgehead atoms. The summed E-state index contributed by atoms with van der Waals surface area (Å²) in [6.45, 7) is 3.79. The van der Waals surface area contributed by atoms with Crippen molar-refractivity contribution in [3.05, 3.63) is 41.8 Å². The summed E-state index contributed by atoms with van der Waals surface area (Å²) in [7, 11) is 0. The minimum atomic E-state index is -0.0442. The summed E-state index contributed by atoms with van der Waals surface area (Å²) >= 11 is 0. The van der Waals surface area contributed by atoms with Crippen LogP contribution in [0.3, 0.4) is 0 Å². The van der Waals surface area contributed by atoms with E-state index in [4.69, 9.17) is 9.26 Å². The zero-order valence-electron chi connectivity index (χ0n) is 12.7. The lowest BCUT2D eigenvalue weighted by molar-refractivity contribution is -0.0832. The largest absolute Gasteiger partial charge is 0.363 e. The Morgan fingerprint density at radius 2 is 2.23 bits per heavy atom. The molecular weight excluding hydrogens is 280 g/mol. The number of hydrogen-bond acceptors (Lipinski definition) is 6. The molecule has 3 atom stereocenters. The van der Waals surface area contributed by atoms with Gasteiger partial charge in [-0.2, -0.15) is 4.98 Å². The van der Waals surface area contributed by atoms with E-state index >= 15 is 0 Å². The molecule has 0 radical (unpaired) electrons. The van der Waals surface area contributed by atoms with Crippen molar-refractivity contribution in [1.29, 1.82) is 0 Å². The van der Waals surface area contributed by atoms with Crippen molar-refractivity contribution in [2.24, 2.45) is 0 Å².